The van der Waals surface area contributed by atoms with E-state index < -0.39 is 39.7 Å². The lowest BCUT2D eigenvalue weighted by Gasteiger charge is -2.45. The molecule has 0 amide bonds. The molecule has 1 fully saturated rings. The molecule has 232 valence electrons. The van der Waals surface area contributed by atoms with Gasteiger partial charge < -0.3 is 9.16 Å². The van der Waals surface area contributed by atoms with Crippen LogP contribution in [0.5, 0.6) is 0 Å². The van der Waals surface area contributed by atoms with E-state index in [0.717, 1.165) is 55.5 Å². The number of hydrogen-bond acceptors (Lipinski definition) is 3. The molecular weight excluding hydrogens is 561 g/mol. The van der Waals surface area contributed by atoms with Crippen LogP contribution in [0.1, 0.15) is 132 Å². The summed E-state index contributed by atoms with van der Waals surface area (Å²) < 4.78 is 45.8. The molecule has 1 aromatic carbocycles. The molecule has 1 saturated carbocycles. The van der Waals surface area contributed by atoms with Crippen molar-refractivity contribution in [1.82, 2.24) is 4.98 Å². The largest absolute Gasteiger partial charge is 0.410 e. The Kier molecular flexibility index (Phi) is 7.86. The first kappa shape index (κ1) is 32.0. The highest BCUT2D eigenvalue weighted by Gasteiger charge is 2.54. The molecule has 2 unspecified atom stereocenters. The van der Waals surface area contributed by atoms with Gasteiger partial charge in [-0.15, -0.1) is 0 Å². The quantitative estimate of drug-likeness (QED) is 0.315. The van der Waals surface area contributed by atoms with E-state index in [4.69, 9.17) is 14.1 Å². The van der Waals surface area contributed by atoms with E-state index in [1.165, 1.54) is 11.1 Å². The maximum atomic E-state index is 15.7. The molecule has 1 aromatic heterocycles. The van der Waals surface area contributed by atoms with Gasteiger partial charge in [0.1, 0.15) is 17.7 Å². The molecule has 1 aliphatic heterocycles. The monoisotopic (exact) mass is 613 g/mol. The molecule has 0 saturated heterocycles. The van der Waals surface area contributed by atoms with Crippen molar-refractivity contribution in [3.63, 3.8) is 0 Å². The van der Waals surface area contributed by atoms with E-state index in [-0.39, 0.29) is 27.7 Å². The van der Waals surface area contributed by atoms with Crippen LogP contribution in [0.15, 0.2) is 12.1 Å². The standard InChI is InChI=1S/C35H53F2NO2Si2/c1-21(2)30-28-29(27-25(38-30)19-34(6,7)20-26(27)40-42(11,12)33(3,4)5)35(15-13-14-16-35)39-31(28)22-17-23(36)32(24(37)18-22)41(8,9)10/h17-18,21,26,31H,13-16,19-20H2,1-12H3. The Morgan fingerprint density at radius 3 is 2.05 bits per heavy atom. The molecule has 42 heavy (non-hydrogen) atoms. The van der Waals surface area contributed by atoms with Gasteiger partial charge in [0, 0.05) is 27.7 Å². The molecule has 7 heteroatoms. The van der Waals surface area contributed by atoms with E-state index in [9.17, 15) is 0 Å². The van der Waals surface area contributed by atoms with Gasteiger partial charge in [-0.25, -0.2) is 8.78 Å². The van der Waals surface area contributed by atoms with Gasteiger partial charge in [-0.2, -0.15) is 0 Å². The molecule has 1 spiro atoms. The summed E-state index contributed by atoms with van der Waals surface area (Å²) in [6.45, 7) is 26.5. The Labute approximate surface area is 255 Å². The number of fused-ring (bicyclic) bond motifs is 4. The molecule has 2 aliphatic carbocycles. The van der Waals surface area contributed by atoms with E-state index in [2.05, 4.69) is 61.6 Å². The minimum atomic E-state index is -2.21. The third-order valence-corrected chi connectivity index (χ3v) is 16.9. The summed E-state index contributed by atoms with van der Waals surface area (Å²) in [5.74, 6) is -0.744. The fraction of sp³-hybridized carbons (Fsp3) is 0.686. The topological polar surface area (TPSA) is 31.4 Å². The third kappa shape index (κ3) is 5.39. The summed E-state index contributed by atoms with van der Waals surface area (Å²) in [5.41, 5.74) is 5.81. The van der Waals surface area contributed by atoms with Crippen LogP contribution >= 0.6 is 0 Å². The zero-order valence-electron chi connectivity index (χ0n) is 28.1. The summed E-state index contributed by atoms with van der Waals surface area (Å²) in [6, 6.07) is 3.10. The normalized spacial score (nSPS) is 23.5. The Bertz CT molecular complexity index is 1360. The summed E-state index contributed by atoms with van der Waals surface area (Å²) >= 11 is 0. The number of pyridine rings is 1. The number of benzene rings is 1. The third-order valence-electron chi connectivity index (χ3n) is 10.5. The number of aromatic nitrogens is 1. The van der Waals surface area contributed by atoms with Gasteiger partial charge in [0.2, 0.25) is 0 Å². The van der Waals surface area contributed by atoms with Crippen LogP contribution in [-0.2, 0) is 21.2 Å². The van der Waals surface area contributed by atoms with E-state index in [1.807, 2.05) is 19.6 Å². The van der Waals surface area contributed by atoms with Crippen molar-refractivity contribution in [2.24, 2.45) is 5.41 Å². The Morgan fingerprint density at radius 1 is 0.976 bits per heavy atom. The highest BCUT2D eigenvalue weighted by molar-refractivity contribution is 6.88. The molecule has 2 aromatic rings. The lowest BCUT2D eigenvalue weighted by molar-refractivity contribution is -0.0580. The second kappa shape index (κ2) is 10.3. The molecular formula is C35H53F2NO2Si2. The van der Waals surface area contributed by atoms with Crippen molar-refractivity contribution < 1.29 is 17.9 Å². The van der Waals surface area contributed by atoms with Gasteiger partial charge >= 0.3 is 0 Å². The molecule has 5 rings (SSSR count). The van der Waals surface area contributed by atoms with Crippen molar-refractivity contribution in [2.45, 2.75) is 148 Å². The average Bonchev–Trinajstić information content (AvgIpc) is 3.40. The molecule has 0 N–H and O–H groups in total. The second-order valence-corrected chi connectivity index (χ2v) is 26.8. The first-order chi connectivity index (χ1) is 19.2. The molecule has 2 atom stereocenters. The summed E-state index contributed by atoms with van der Waals surface area (Å²) in [5, 5.41) is 0.332. The van der Waals surface area contributed by atoms with Crippen LogP contribution in [0.2, 0.25) is 37.8 Å². The molecule has 3 nitrogen and oxygen atoms in total. The Morgan fingerprint density at radius 2 is 1.55 bits per heavy atom. The molecule has 0 radical (unpaired) electrons. The Hall–Kier alpha value is -1.42. The lowest BCUT2D eigenvalue weighted by Crippen LogP contribution is -2.44. The zero-order chi connectivity index (χ0) is 31.2. The predicted octanol–water partition coefficient (Wildman–Crippen LogP) is 9.95. The van der Waals surface area contributed by atoms with Crippen LogP contribution in [0.4, 0.5) is 8.78 Å². The van der Waals surface area contributed by atoms with E-state index >= 15 is 8.78 Å². The van der Waals surface area contributed by atoms with E-state index in [0.29, 0.717) is 5.56 Å². The SMILES string of the molecule is CC(C)c1nc2c(c3c1C(c1cc(F)c([Si](C)(C)C)c(F)c1)OC31CCCC1)C(O[Si](C)(C)C(C)(C)C)CC(C)(C)C2. The van der Waals surface area contributed by atoms with Gasteiger partial charge in [-0.1, -0.05) is 80.9 Å². The highest BCUT2D eigenvalue weighted by atomic mass is 28.4. The fourth-order valence-electron chi connectivity index (χ4n) is 7.48. The number of rotatable bonds is 5. The first-order valence-corrected chi connectivity index (χ1v) is 22.5. The van der Waals surface area contributed by atoms with Crippen LogP contribution in [0.3, 0.4) is 0 Å². The predicted molar refractivity (Wildman–Crippen MR) is 174 cm³/mol. The number of hydrogen-bond donors (Lipinski definition) is 0. The minimum absolute atomic E-state index is 0.0517. The number of halogens is 2. The lowest BCUT2D eigenvalue weighted by atomic mass is 9.70. The molecule has 0 bridgehead atoms. The van der Waals surface area contributed by atoms with Crippen LogP contribution in [0.25, 0.3) is 0 Å². The van der Waals surface area contributed by atoms with Gasteiger partial charge in [0.25, 0.3) is 0 Å². The summed E-state index contributed by atoms with van der Waals surface area (Å²) in [7, 11) is -4.34. The van der Waals surface area contributed by atoms with Gasteiger partial charge in [-0.3, -0.25) is 4.98 Å². The van der Waals surface area contributed by atoms with Crippen molar-refractivity contribution >= 4 is 21.6 Å². The maximum absolute atomic E-state index is 15.7. The smallest absolute Gasteiger partial charge is 0.192 e. The van der Waals surface area contributed by atoms with Crippen molar-refractivity contribution in [3.05, 3.63) is 57.4 Å². The zero-order valence-corrected chi connectivity index (χ0v) is 30.1. The summed E-state index contributed by atoms with van der Waals surface area (Å²) in [4.78, 5) is 5.43. The van der Waals surface area contributed by atoms with Crippen LogP contribution in [-0.4, -0.2) is 21.4 Å². The van der Waals surface area contributed by atoms with Crippen LogP contribution in [0, 0.1) is 17.0 Å². The first-order valence-electron chi connectivity index (χ1n) is 16.1. The number of nitrogens with zero attached hydrogens (tertiary/aromatic N) is 1. The average molecular weight is 614 g/mol. The second-order valence-electron chi connectivity index (χ2n) is 17.0. The van der Waals surface area contributed by atoms with Crippen molar-refractivity contribution in [1.29, 1.82) is 0 Å². The van der Waals surface area contributed by atoms with Crippen LogP contribution < -0.4 is 5.19 Å². The Balaban J connectivity index is 1.79. The molecule has 2 heterocycles. The molecule has 3 aliphatic rings. The van der Waals surface area contributed by atoms with Crippen molar-refractivity contribution in [3.8, 4) is 0 Å². The van der Waals surface area contributed by atoms with Gasteiger partial charge in [-0.05, 0) is 78.4 Å². The maximum Gasteiger partial charge on any atom is 0.192 e. The highest BCUT2D eigenvalue weighted by Crippen LogP contribution is 2.60. The van der Waals surface area contributed by atoms with Crippen molar-refractivity contribution in [2.75, 3.05) is 0 Å². The van der Waals surface area contributed by atoms with Gasteiger partial charge in [0.15, 0.2) is 8.32 Å². The van der Waals surface area contributed by atoms with Gasteiger partial charge in [0.05, 0.1) is 19.8 Å². The minimum Gasteiger partial charge on any atom is -0.410 e. The number of ether oxygens (including phenoxy) is 1. The summed E-state index contributed by atoms with van der Waals surface area (Å²) in [6.07, 6.45) is 5.19. The van der Waals surface area contributed by atoms with E-state index in [1.54, 1.807) is 12.1 Å². The fourth-order valence-corrected chi connectivity index (χ4v) is 10.3.